The minimum absolute atomic E-state index is 0.0870. The molecular weight excluding hydrogens is 345 g/mol. The zero-order valence-corrected chi connectivity index (χ0v) is 14.2. The summed E-state index contributed by atoms with van der Waals surface area (Å²) in [5.41, 5.74) is 1.56. The first-order chi connectivity index (χ1) is 12.4. The Morgan fingerprint density at radius 3 is 2.96 bits per heavy atom. The average Bonchev–Trinajstić information content (AvgIpc) is 3.19. The maximum Gasteiger partial charge on any atom is 0.461 e. The Bertz CT molecular complexity index is 856. The summed E-state index contributed by atoms with van der Waals surface area (Å²) in [4.78, 5) is 4.82. The number of hydrogen-bond acceptors (Lipinski definition) is 4. The van der Waals surface area contributed by atoms with Crippen LogP contribution in [-0.2, 0) is 11.3 Å². The van der Waals surface area contributed by atoms with Crippen molar-refractivity contribution < 1.29 is 17.9 Å². The van der Waals surface area contributed by atoms with E-state index in [1.165, 1.54) is 0 Å². The topological polar surface area (TPSA) is 54.1 Å². The molecule has 1 spiro atoms. The molecule has 138 valence electrons. The molecule has 8 heteroatoms. The van der Waals surface area contributed by atoms with Crippen molar-refractivity contribution in [3.8, 4) is 6.07 Å². The molecule has 2 fully saturated rings. The van der Waals surface area contributed by atoms with Gasteiger partial charge in [0.25, 0.3) is 0 Å². The van der Waals surface area contributed by atoms with Crippen LogP contribution in [0.15, 0.2) is 24.5 Å². The molecule has 4 rings (SSSR count). The lowest BCUT2D eigenvalue weighted by molar-refractivity contribution is -0.245. The van der Waals surface area contributed by atoms with Gasteiger partial charge in [0, 0.05) is 13.1 Å². The second-order valence-electron chi connectivity index (χ2n) is 7.30. The molecule has 1 aromatic carbocycles. The zero-order chi connectivity index (χ0) is 18.4. The van der Waals surface area contributed by atoms with Crippen molar-refractivity contribution in [2.45, 2.75) is 44.1 Å². The first-order valence-corrected chi connectivity index (χ1v) is 8.69. The molecule has 1 aliphatic heterocycles. The second-order valence-corrected chi connectivity index (χ2v) is 7.30. The van der Waals surface area contributed by atoms with E-state index in [9.17, 15) is 13.2 Å². The Kier molecular flexibility index (Phi) is 4.16. The summed E-state index contributed by atoms with van der Waals surface area (Å²) >= 11 is 0. The van der Waals surface area contributed by atoms with E-state index in [2.05, 4.69) is 11.1 Å². The van der Waals surface area contributed by atoms with Gasteiger partial charge in [0.2, 0.25) is 0 Å². The molecule has 0 bridgehead atoms. The normalized spacial score (nSPS) is 27.2. The first-order valence-electron chi connectivity index (χ1n) is 8.69. The molecule has 26 heavy (non-hydrogen) atoms. The zero-order valence-electron chi connectivity index (χ0n) is 14.2. The molecule has 5 nitrogen and oxygen atoms in total. The molecular formula is C18H19F3N4O. The molecule has 0 radical (unpaired) electrons. The van der Waals surface area contributed by atoms with Gasteiger partial charge in [-0.3, -0.25) is 0 Å². The number of fused-ring (bicyclic) bond motifs is 1. The Morgan fingerprint density at radius 1 is 1.38 bits per heavy atom. The van der Waals surface area contributed by atoms with Gasteiger partial charge in [0.15, 0.2) is 0 Å². The molecule has 1 saturated heterocycles. The fourth-order valence-corrected chi connectivity index (χ4v) is 4.24. The number of rotatable bonds is 2. The Morgan fingerprint density at radius 2 is 2.23 bits per heavy atom. The molecule has 1 aromatic heterocycles. The monoisotopic (exact) mass is 364 g/mol. The number of aromatic nitrogens is 2. The van der Waals surface area contributed by atoms with Gasteiger partial charge in [-0.1, -0.05) is 6.42 Å². The molecule has 2 aromatic rings. The van der Waals surface area contributed by atoms with Crippen molar-refractivity contribution >= 4 is 11.0 Å². The summed E-state index contributed by atoms with van der Waals surface area (Å²) in [5, 5.41) is 9.08. The minimum Gasteiger partial charge on any atom is -0.358 e. The summed E-state index contributed by atoms with van der Waals surface area (Å²) < 4.78 is 46.5. The smallest absolute Gasteiger partial charge is 0.358 e. The maximum absolute atomic E-state index is 13.0. The van der Waals surface area contributed by atoms with Crippen LogP contribution in [0, 0.1) is 17.2 Å². The van der Waals surface area contributed by atoms with E-state index in [0.717, 1.165) is 23.9 Å². The standard InChI is InChI=1S/C18H19F3N4O/c19-18(20,21)25-10-17(26-12-25)5-1-2-14(7-17)9-24-11-23-15-4-3-13(8-22)6-16(15)24/h3-4,6,11,14H,1-2,5,7,9-10,12H2. The van der Waals surface area contributed by atoms with Gasteiger partial charge in [0.05, 0.1) is 34.6 Å². The number of benzene rings is 1. The van der Waals surface area contributed by atoms with Gasteiger partial charge in [0.1, 0.15) is 6.73 Å². The lowest BCUT2D eigenvalue weighted by Gasteiger charge is -2.37. The minimum atomic E-state index is -4.34. The Hall–Kier alpha value is -2.11. The molecule has 0 N–H and O–H groups in total. The lowest BCUT2D eigenvalue weighted by atomic mass is 9.78. The number of nitriles is 1. The van der Waals surface area contributed by atoms with Gasteiger partial charge in [-0.25, -0.2) is 4.98 Å². The predicted molar refractivity (Wildman–Crippen MR) is 87.9 cm³/mol. The van der Waals surface area contributed by atoms with Crippen LogP contribution in [0.1, 0.15) is 31.2 Å². The largest absolute Gasteiger partial charge is 0.461 e. The molecule has 1 aliphatic carbocycles. The van der Waals surface area contributed by atoms with Crippen LogP contribution in [0.3, 0.4) is 0 Å². The van der Waals surface area contributed by atoms with E-state index in [4.69, 9.17) is 10.00 Å². The molecule has 0 amide bonds. The summed E-state index contributed by atoms with van der Waals surface area (Å²) in [5.74, 6) is 0.222. The van der Waals surface area contributed by atoms with Crippen LogP contribution in [0.2, 0.25) is 0 Å². The Balaban J connectivity index is 1.50. The summed E-state index contributed by atoms with van der Waals surface area (Å²) in [6.45, 7) is 0.203. The van der Waals surface area contributed by atoms with E-state index in [1.54, 1.807) is 18.5 Å². The van der Waals surface area contributed by atoms with E-state index in [-0.39, 0.29) is 19.2 Å². The lowest BCUT2D eigenvalue weighted by Crippen LogP contribution is -2.43. The summed E-state index contributed by atoms with van der Waals surface area (Å²) in [6.07, 6.45) is 0.479. The van der Waals surface area contributed by atoms with Crippen molar-refractivity contribution in [3.63, 3.8) is 0 Å². The van der Waals surface area contributed by atoms with Crippen molar-refractivity contribution in [3.05, 3.63) is 30.1 Å². The fourth-order valence-electron chi connectivity index (χ4n) is 4.24. The van der Waals surface area contributed by atoms with E-state index < -0.39 is 11.9 Å². The van der Waals surface area contributed by atoms with Crippen LogP contribution in [0.4, 0.5) is 13.2 Å². The van der Waals surface area contributed by atoms with Crippen LogP contribution in [0.5, 0.6) is 0 Å². The van der Waals surface area contributed by atoms with Crippen LogP contribution in [0.25, 0.3) is 11.0 Å². The quantitative estimate of drug-likeness (QED) is 0.764. The van der Waals surface area contributed by atoms with Crippen molar-refractivity contribution in [1.29, 1.82) is 5.26 Å². The molecule has 2 aliphatic rings. The number of hydrogen-bond donors (Lipinski definition) is 0. The summed E-state index contributed by atoms with van der Waals surface area (Å²) in [6, 6.07) is 7.47. The van der Waals surface area contributed by atoms with Crippen LogP contribution in [-0.4, -0.2) is 39.6 Å². The van der Waals surface area contributed by atoms with Crippen LogP contribution < -0.4 is 0 Å². The number of halogens is 3. The second kappa shape index (κ2) is 6.25. The van der Waals surface area contributed by atoms with E-state index in [1.807, 2.05) is 10.6 Å². The van der Waals surface area contributed by atoms with Crippen LogP contribution >= 0.6 is 0 Å². The molecule has 2 heterocycles. The van der Waals surface area contributed by atoms with Crippen molar-refractivity contribution in [1.82, 2.24) is 14.5 Å². The maximum atomic E-state index is 13.0. The third kappa shape index (κ3) is 3.17. The average molecular weight is 364 g/mol. The molecule has 2 atom stereocenters. The number of imidazole rings is 1. The summed E-state index contributed by atoms with van der Waals surface area (Å²) in [7, 11) is 0. The van der Waals surface area contributed by atoms with Gasteiger partial charge >= 0.3 is 6.30 Å². The fraction of sp³-hybridized carbons (Fsp3) is 0.556. The molecule has 2 unspecified atom stereocenters. The van der Waals surface area contributed by atoms with Crippen molar-refractivity contribution in [2.24, 2.45) is 5.92 Å². The highest BCUT2D eigenvalue weighted by molar-refractivity contribution is 5.76. The van der Waals surface area contributed by atoms with E-state index >= 15 is 0 Å². The highest BCUT2D eigenvalue weighted by Gasteiger charge is 2.50. The SMILES string of the molecule is N#Cc1ccc2ncn(CC3CCCC4(C3)CN(C(F)(F)F)CO4)c2c1. The van der Waals surface area contributed by atoms with Crippen molar-refractivity contribution in [2.75, 3.05) is 13.3 Å². The van der Waals surface area contributed by atoms with Gasteiger partial charge in [-0.05, 0) is 43.4 Å². The number of alkyl halides is 3. The third-order valence-corrected chi connectivity index (χ3v) is 5.47. The van der Waals surface area contributed by atoms with E-state index in [0.29, 0.717) is 29.8 Å². The predicted octanol–water partition coefficient (Wildman–Crippen LogP) is 3.65. The number of ether oxygens (including phenoxy) is 1. The van der Waals surface area contributed by atoms with Gasteiger partial charge in [-0.2, -0.15) is 23.3 Å². The molecule has 1 saturated carbocycles. The van der Waals surface area contributed by atoms with Gasteiger partial charge in [-0.15, -0.1) is 0 Å². The number of nitrogens with zero attached hydrogens (tertiary/aromatic N) is 4. The highest BCUT2D eigenvalue weighted by atomic mass is 19.4. The first kappa shape index (κ1) is 17.3. The highest BCUT2D eigenvalue weighted by Crippen LogP contribution is 2.42. The third-order valence-electron chi connectivity index (χ3n) is 5.47. The Labute approximate surface area is 149 Å². The van der Waals surface area contributed by atoms with Gasteiger partial charge < -0.3 is 9.30 Å².